The molecule has 60 valence electrons. The predicted octanol–water partition coefficient (Wildman–Crippen LogP) is 2.66. The van der Waals surface area contributed by atoms with Gasteiger partial charge in [-0.1, -0.05) is 18.5 Å². The zero-order valence-electron chi connectivity index (χ0n) is 5.93. The van der Waals surface area contributed by atoms with Crippen LogP contribution in [0.25, 0.3) is 0 Å². The van der Waals surface area contributed by atoms with E-state index in [0.29, 0.717) is 9.21 Å². The van der Waals surface area contributed by atoms with Gasteiger partial charge in [0.25, 0.3) is 0 Å². The number of carbonyl (C=O) groups is 1. The maximum atomic E-state index is 10.4. The molecular weight excluding hydrogens is 184 g/mol. The van der Waals surface area contributed by atoms with Gasteiger partial charge in [0.05, 0.1) is 4.34 Å². The Morgan fingerprint density at radius 3 is 2.73 bits per heavy atom. The highest BCUT2D eigenvalue weighted by atomic mass is 35.5. The minimum Gasteiger partial charge on any atom is -0.477 e. The molecule has 0 amide bonds. The summed E-state index contributed by atoms with van der Waals surface area (Å²) in [7, 11) is 0. The van der Waals surface area contributed by atoms with Gasteiger partial charge in [0.2, 0.25) is 0 Å². The number of hydrogen-bond donors (Lipinski definition) is 1. The Kier molecular flexibility index (Phi) is 2.52. The third kappa shape index (κ3) is 1.73. The van der Waals surface area contributed by atoms with Crippen molar-refractivity contribution in [3.8, 4) is 0 Å². The summed E-state index contributed by atoms with van der Waals surface area (Å²) in [4.78, 5) is 10.7. The number of carboxylic acids is 1. The van der Waals surface area contributed by atoms with E-state index >= 15 is 0 Å². The Morgan fingerprint density at radius 2 is 2.45 bits per heavy atom. The van der Waals surface area contributed by atoms with E-state index in [2.05, 4.69) is 0 Å². The van der Waals surface area contributed by atoms with E-state index in [-0.39, 0.29) is 0 Å². The molecule has 1 N–H and O–H groups in total. The van der Waals surface area contributed by atoms with Crippen LogP contribution in [0.15, 0.2) is 6.07 Å². The summed E-state index contributed by atoms with van der Waals surface area (Å²) in [6.45, 7) is 1.94. The summed E-state index contributed by atoms with van der Waals surface area (Å²) in [6.07, 6.45) is 0.780. The van der Waals surface area contributed by atoms with Gasteiger partial charge in [0.1, 0.15) is 4.88 Å². The summed E-state index contributed by atoms with van der Waals surface area (Å²) >= 11 is 6.86. The summed E-state index contributed by atoms with van der Waals surface area (Å²) in [5.74, 6) is -0.906. The monoisotopic (exact) mass is 190 g/mol. The topological polar surface area (TPSA) is 37.3 Å². The second-order valence-corrected chi connectivity index (χ2v) is 3.72. The molecule has 0 aliphatic rings. The van der Waals surface area contributed by atoms with Gasteiger partial charge < -0.3 is 5.11 Å². The van der Waals surface area contributed by atoms with Gasteiger partial charge in [-0.3, -0.25) is 0 Å². The molecule has 0 bridgehead atoms. The van der Waals surface area contributed by atoms with Crippen LogP contribution >= 0.6 is 22.9 Å². The zero-order chi connectivity index (χ0) is 8.43. The molecule has 0 atom stereocenters. The molecule has 0 aromatic carbocycles. The molecule has 1 heterocycles. The summed E-state index contributed by atoms with van der Waals surface area (Å²) < 4.78 is 0.588. The summed E-state index contributed by atoms with van der Waals surface area (Å²) in [6, 6.07) is 1.62. The van der Waals surface area contributed by atoms with E-state index in [1.165, 1.54) is 0 Å². The first-order valence-corrected chi connectivity index (χ1v) is 4.36. The Bertz CT molecular complexity index is 280. The molecule has 0 unspecified atom stereocenters. The molecule has 11 heavy (non-hydrogen) atoms. The highest BCUT2D eigenvalue weighted by molar-refractivity contribution is 7.18. The molecule has 2 nitrogen and oxygen atoms in total. The number of aryl methyl sites for hydroxylation is 1. The molecular formula is C7H7ClO2S. The van der Waals surface area contributed by atoms with E-state index in [4.69, 9.17) is 16.7 Å². The van der Waals surface area contributed by atoms with Crippen LogP contribution < -0.4 is 0 Å². The minimum absolute atomic E-state index is 0.312. The van der Waals surface area contributed by atoms with Crippen molar-refractivity contribution in [2.45, 2.75) is 13.3 Å². The van der Waals surface area contributed by atoms with Crippen molar-refractivity contribution in [3.05, 3.63) is 20.8 Å². The van der Waals surface area contributed by atoms with Crippen LogP contribution in [-0.2, 0) is 6.42 Å². The molecule has 0 radical (unpaired) electrons. The van der Waals surface area contributed by atoms with Crippen LogP contribution in [0.5, 0.6) is 0 Å². The molecule has 0 aliphatic heterocycles. The van der Waals surface area contributed by atoms with E-state index in [0.717, 1.165) is 23.3 Å². The molecule has 4 heteroatoms. The van der Waals surface area contributed by atoms with E-state index in [1.807, 2.05) is 6.92 Å². The fraction of sp³-hybridized carbons (Fsp3) is 0.286. The van der Waals surface area contributed by atoms with Crippen LogP contribution in [0.1, 0.15) is 22.2 Å². The van der Waals surface area contributed by atoms with Crippen molar-refractivity contribution >= 4 is 28.9 Å². The number of halogens is 1. The van der Waals surface area contributed by atoms with Crippen molar-refractivity contribution in [1.29, 1.82) is 0 Å². The fourth-order valence-electron chi connectivity index (χ4n) is 0.753. The van der Waals surface area contributed by atoms with Crippen molar-refractivity contribution in [3.63, 3.8) is 0 Å². The zero-order valence-corrected chi connectivity index (χ0v) is 7.50. The number of hydrogen-bond acceptors (Lipinski definition) is 2. The van der Waals surface area contributed by atoms with Crippen LogP contribution in [0.2, 0.25) is 4.34 Å². The second kappa shape index (κ2) is 3.24. The second-order valence-electron chi connectivity index (χ2n) is 2.07. The van der Waals surface area contributed by atoms with Gasteiger partial charge in [-0.2, -0.15) is 0 Å². The molecule has 1 aromatic rings. The summed E-state index contributed by atoms with van der Waals surface area (Å²) in [5.41, 5.74) is 0.911. The Balaban J connectivity index is 3.05. The molecule has 1 rings (SSSR count). The third-order valence-corrected chi connectivity index (χ3v) is 2.78. The van der Waals surface area contributed by atoms with Crippen molar-refractivity contribution < 1.29 is 9.90 Å². The first-order chi connectivity index (χ1) is 5.15. The van der Waals surface area contributed by atoms with Crippen molar-refractivity contribution in [2.75, 3.05) is 0 Å². The Labute approximate surface area is 73.4 Å². The fourth-order valence-corrected chi connectivity index (χ4v) is 2.01. The Hall–Kier alpha value is -0.540. The quantitative estimate of drug-likeness (QED) is 0.779. The number of carboxylic acid groups (broad SMARTS) is 1. The first kappa shape index (κ1) is 8.56. The number of rotatable bonds is 2. The lowest BCUT2D eigenvalue weighted by atomic mass is 10.2. The molecule has 1 aromatic heterocycles. The van der Waals surface area contributed by atoms with E-state index < -0.39 is 5.97 Å². The van der Waals surface area contributed by atoms with Crippen molar-refractivity contribution in [2.24, 2.45) is 0 Å². The van der Waals surface area contributed by atoms with Gasteiger partial charge >= 0.3 is 5.97 Å². The third-order valence-electron chi connectivity index (χ3n) is 1.35. The molecule has 0 spiro atoms. The smallest absolute Gasteiger partial charge is 0.345 e. The number of aromatic carboxylic acids is 1. The molecule has 0 aliphatic carbocycles. The molecule has 0 saturated heterocycles. The summed E-state index contributed by atoms with van der Waals surface area (Å²) in [5, 5.41) is 8.57. The van der Waals surface area contributed by atoms with Crippen LogP contribution in [0.3, 0.4) is 0 Å². The lowest BCUT2D eigenvalue weighted by Crippen LogP contribution is -1.90. The van der Waals surface area contributed by atoms with Crippen molar-refractivity contribution in [1.82, 2.24) is 0 Å². The Morgan fingerprint density at radius 1 is 1.82 bits per heavy atom. The highest BCUT2D eigenvalue weighted by Gasteiger charge is 2.10. The van der Waals surface area contributed by atoms with Gasteiger partial charge in [0.15, 0.2) is 0 Å². The largest absolute Gasteiger partial charge is 0.477 e. The molecule has 0 fully saturated rings. The maximum Gasteiger partial charge on any atom is 0.345 e. The number of thiophene rings is 1. The molecule has 0 saturated carbocycles. The van der Waals surface area contributed by atoms with Gasteiger partial charge in [-0.25, -0.2) is 4.79 Å². The van der Waals surface area contributed by atoms with E-state index in [9.17, 15) is 4.79 Å². The SMILES string of the molecule is CCc1cc(C(=O)O)sc1Cl. The standard InChI is InChI=1S/C7H7ClO2S/c1-2-4-3-5(7(9)10)11-6(4)8/h3H,2H2,1H3,(H,9,10). The van der Waals surface area contributed by atoms with Gasteiger partial charge in [0, 0.05) is 0 Å². The van der Waals surface area contributed by atoms with Crippen LogP contribution in [0, 0.1) is 0 Å². The lowest BCUT2D eigenvalue weighted by Gasteiger charge is -1.85. The predicted molar refractivity (Wildman–Crippen MR) is 45.7 cm³/mol. The average Bonchev–Trinajstić information content (AvgIpc) is 2.31. The first-order valence-electron chi connectivity index (χ1n) is 3.16. The van der Waals surface area contributed by atoms with Gasteiger partial charge in [-0.15, -0.1) is 11.3 Å². The highest BCUT2D eigenvalue weighted by Crippen LogP contribution is 2.27. The van der Waals surface area contributed by atoms with Gasteiger partial charge in [-0.05, 0) is 18.1 Å². The normalized spacial score (nSPS) is 10.0. The van der Waals surface area contributed by atoms with E-state index in [1.54, 1.807) is 6.07 Å². The maximum absolute atomic E-state index is 10.4. The lowest BCUT2D eigenvalue weighted by molar-refractivity contribution is 0.0702. The van der Waals surface area contributed by atoms with Crippen LogP contribution in [0.4, 0.5) is 0 Å². The van der Waals surface area contributed by atoms with Crippen LogP contribution in [-0.4, -0.2) is 11.1 Å². The minimum atomic E-state index is -0.906. The average molecular weight is 191 g/mol.